The highest BCUT2D eigenvalue weighted by molar-refractivity contribution is 5.67. The first-order valence-corrected chi connectivity index (χ1v) is 6.60. The van der Waals surface area contributed by atoms with E-state index >= 15 is 0 Å². The maximum Gasteiger partial charge on any atom is 0.407 e. The maximum absolute atomic E-state index is 11.4. The lowest BCUT2D eigenvalue weighted by Crippen LogP contribution is -2.37. The van der Waals surface area contributed by atoms with Gasteiger partial charge in [-0.2, -0.15) is 0 Å². The second-order valence-electron chi connectivity index (χ2n) is 4.51. The zero-order valence-electron chi connectivity index (χ0n) is 10.9. The van der Waals surface area contributed by atoms with Gasteiger partial charge < -0.3 is 19.6 Å². The van der Waals surface area contributed by atoms with Crippen LogP contribution in [0.1, 0.15) is 24.6 Å². The average molecular weight is 268 g/mol. The van der Waals surface area contributed by atoms with Crippen molar-refractivity contribution in [3.8, 4) is 0 Å². The molecule has 1 aliphatic rings. The maximum atomic E-state index is 11.4. The number of alkyl carbamates (subject to hydrolysis) is 1. The third-order valence-electron chi connectivity index (χ3n) is 3.22. The Kier molecular flexibility index (Phi) is 5.23. The molecular weight excluding hydrogens is 248 g/mol. The summed E-state index contributed by atoms with van der Waals surface area (Å²) < 4.78 is 10.2. The number of hydrogen-bond acceptors (Lipinski definition) is 5. The average Bonchev–Trinajstić information content (AvgIpc) is 3.09. The van der Waals surface area contributed by atoms with E-state index in [1.807, 2.05) is 12.1 Å². The standard InChI is InChI=1S/C13H20N2O4/c16-7-9-19-13(17)14-10-11(12-4-3-8-18-12)15-5-1-2-6-15/h3-4,8,11,16H,1-2,5-7,9-10H2,(H,14,17). The Morgan fingerprint density at radius 2 is 2.32 bits per heavy atom. The first kappa shape index (κ1) is 13.9. The van der Waals surface area contributed by atoms with Gasteiger partial charge in [0.25, 0.3) is 0 Å². The molecule has 1 unspecified atom stereocenters. The second-order valence-corrected chi connectivity index (χ2v) is 4.51. The van der Waals surface area contributed by atoms with Gasteiger partial charge >= 0.3 is 6.09 Å². The number of nitrogens with one attached hydrogen (secondary N) is 1. The molecule has 0 saturated carbocycles. The Morgan fingerprint density at radius 1 is 1.53 bits per heavy atom. The second kappa shape index (κ2) is 7.16. The number of furan rings is 1. The van der Waals surface area contributed by atoms with Gasteiger partial charge in [0, 0.05) is 6.54 Å². The Morgan fingerprint density at radius 3 is 2.95 bits per heavy atom. The van der Waals surface area contributed by atoms with Gasteiger partial charge in [0.05, 0.1) is 18.9 Å². The predicted molar refractivity (Wildman–Crippen MR) is 68.7 cm³/mol. The van der Waals surface area contributed by atoms with Crippen LogP contribution in [0.15, 0.2) is 22.8 Å². The van der Waals surface area contributed by atoms with Crippen molar-refractivity contribution in [2.75, 3.05) is 32.8 Å². The fourth-order valence-corrected chi connectivity index (χ4v) is 2.31. The Bertz CT molecular complexity index is 374. The Labute approximate surface area is 112 Å². The van der Waals surface area contributed by atoms with E-state index in [4.69, 9.17) is 14.3 Å². The fraction of sp³-hybridized carbons (Fsp3) is 0.615. The molecule has 19 heavy (non-hydrogen) atoms. The molecule has 1 aromatic rings. The minimum atomic E-state index is -0.509. The fourth-order valence-electron chi connectivity index (χ4n) is 2.31. The summed E-state index contributed by atoms with van der Waals surface area (Å²) in [7, 11) is 0. The SMILES string of the molecule is O=C(NCC(c1ccco1)N1CCCC1)OCCO. The van der Waals surface area contributed by atoms with E-state index in [9.17, 15) is 4.79 Å². The summed E-state index contributed by atoms with van der Waals surface area (Å²) >= 11 is 0. The largest absolute Gasteiger partial charge is 0.468 e. The molecule has 0 aromatic carbocycles. The van der Waals surface area contributed by atoms with E-state index < -0.39 is 6.09 Å². The summed E-state index contributed by atoms with van der Waals surface area (Å²) in [6, 6.07) is 3.81. The molecule has 2 heterocycles. The lowest BCUT2D eigenvalue weighted by Gasteiger charge is -2.25. The monoisotopic (exact) mass is 268 g/mol. The van der Waals surface area contributed by atoms with Crippen LogP contribution in [0.2, 0.25) is 0 Å². The highest BCUT2D eigenvalue weighted by Crippen LogP contribution is 2.24. The third kappa shape index (κ3) is 3.97. The molecule has 1 amide bonds. The molecule has 6 nitrogen and oxygen atoms in total. The molecule has 0 aliphatic carbocycles. The van der Waals surface area contributed by atoms with Crippen molar-refractivity contribution in [2.45, 2.75) is 18.9 Å². The van der Waals surface area contributed by atoms with E-state index in [1.165, 1.54) is 12.8 Å². The zero-order valence-corrected chi connectivity index (χ0v) is 10.9. The molecule has 106 valence electrons. The smallest absolute Gasteiger partial charge is 0.407 e. The molecule has 1 saturated heterocycles. The number of aliphatic hydroxyl groups excluding tert-OH is 1. The van der Waals surface area contributed by atoms with E-state index in [2.05, 4.69) is 10.2 Å². The lowest BCUT2D eigenvalue weighted by molar-refractivity contribution is 0.115. The summed E-state index contributed by atoms with van der Waals surface area (Å²) in [6.07, 6.45) is 3.48. The number of nitrogens with zero attached hydrogens (tertiary/aromatic N) is 1. The molecule has 1 aromatic heterocycles. The van der Waals surface area contributed by atoms with Crippen LogP contribution in [-0.4, -0.2) is 48.9 Å². The number of ether oxygens (including phenoxy) is 1. The van der Waals surface area contributed by atoms with Gasteiger partial charge in [0.2, 0.25) is 0 Å². The summed E-state index contributed by atoms with van der Waals surface area (Å²) in [4.78, 5) is 13.7. The van der Waals surface area contributed by atoms with E-state index in [1.54, 1.807) is 6.26 Å². The first-order valence-electron chi connectivity index (χ1n) is 6.60. The molecule has 1 atom stereocenters. The van der Waals surface area contributed by atoms with Crippen LogP contribution < -0.4 is 5.32 Å². The number of hydrogen-bond donors (Lipinski definition) is 2. The van der Waals surface area contributed by atoms with E-state index in [0.717, 1.165) is 18.8 Å². The van der Waals surface area contributed by atoms with Crippen LogP contribution in [0, 0.1) is 0 Å². The third-order valence-corrected chi connectivity index (χ3v) is 3.22. The van der Waals surface area contributed by atoms with Crippen LogP contribution in [0.5, 0.6) is 0 Å². The van der Waals surface area contributed by atoms with Crippen molar-refractivity contribution in [1.82, 2.24) is 10.2 Å². The van der Waals surface area contributed by atoms with Crippen LogP contribution >= 0.6 is 0 Å². The molecule has 6 heteroatoms. The zero-order chi connectivity index (χ0) is 13.5. The number of carbonyl (C=O) groups is 1. The molecule has 0 spiro atoms. The number of likely N-dealkylation sites (tertiary alicyclic amines) is 1. The number of rotatable bonds is 6. The topological polar surface area (TPSA) is 74.9 Å². The number of amides is 1. The van der Waals surface area contributed by atoms with Crippen molar-refractivity contribution in [1.29, 1.82) is 0 Å². The first-order chi connectivity index (χ1) is 9.31. The van der Waals surface area contributed by atoms with Gasteiger partial charge in [0.1, 0.15) is 12.4 Å². The summed E-state index contributed by atoms with van der Waals surface area (Å²) in [6.45, 7) is 2.32. The van der Waals surface area contributed by atoms with Crippen LogP contribution in [0.3, 0.4) is 0 Å². The van der Waals surface area contributed by atoms with Gasteiger partial charge in [-0.3, -0.25) is 4.90 Å². The summed E-state index contributed by atoms with van der Waals surface area (Å²) in [5.41, 5.74) is 0. The van der Waals surface area contributed by atoms with Crippen LogP contribution in [0.25, 0.3) is 0 Å². The molecule has 2 rings (SSSR count). The summed E-state index contributed by atoms with van der Waals surface area (Å²) in [5.74, 6) is 0.851. The van der Waals surface area contributed by atoms with Crippen molar-refractivity contribution >= 4 is 6.09 Å². The van der Waals surface area contributed by atoms with Crippen molar-refractivity contribution in [2.24, 2.45) is 0 Å². The van der Waals surface area contributed by atoms with E-state index in [-0.39, 0.29) is 19.3 Å². The molecular formula is C13H20N2O4. The van der Waals surface area contributed by atoms with Gasteiger partial charge in [-0.15, -0.1) is 0 Å². The van der Waals surface area contributed by atoms with E-state index in [0.29, 0.717) is 6.54 Å². The Hall–Kier alpha value is -1.53. The predicted octanol–water partition coefficient (Wildman–Crippen LogP) is 1.13. The van der Waals surface area contributed by atoms with Crippen molar-refractivity contribution < 1.29 is 19.1 Å². The minimum Gasteiger partial charge on any atom is -0.468 e. The molecule has 0 radical (unpaired) electrons. The van der Waals surface area contributed by atoms with Crippen molar-refractivity contribution in [3.05, 3.63) is 24.2 Å². The molecule has 1 fully saturated rings. The quantitative estimate of drug-likeness (QED) is 0.809. The summed E-state index contributed by atoms with van der Waals surface area (Å²) in [5, 5.41) is 11.3. The van der Waals surface area contributed by atoms with Gasteiger partial charge in [-0.05, 0) is 38.1 Å². The molecule has 2 N–H and O–H groups in total. The number of aliphatic hydroxyl groups is 1. The van der Waals surface area contributed by atoms with Crippen LogP contribution in [-0.2, 0) is 4.74 Å². The molecule has 0 bridgehead atoms. The highest BCUT2D eigenvalue weighted by atomic mass is 16.6. The number of carbonyl (C=O) groups excluding carboxylic acids is 1. The molecule has 1 aliphatic heterocycles. The van der Waals surface area contributed by atoms with Crippen LogP contribution in [0.4, 0.5) is 4.79 Å². The lowest BCUT2D eigenvalue weighted by atomic mass is 10.2. The van der Waals surface area contributed by atoms with Gasteiger partial charge in [-0.1, -0.05) is 0 Å². The van der Waals surface area contributed by atoms with Crippen molar-refractivity contribution in [3.63, 3.8) is 0 Å². The normalized spacial score (nSPS) is 17.3. The Balaban J connectivity index is 1.89. The van der Waals surface area contributed by atoms with Gasteiger partial charge in [0.15, 0.2) is 0 Å². The highest BCUT2D eigenvalue weighted by Gasteiger charge is 2.25. The van der Waals surface area contributed by atoms with Gasteiger partial charge in [-0.25, -0.2) is 4.79 Å². The minimum absolute atomic E-state index is 0.0148.